The van der Waals surface area contributed by atoms with Crippen LogP contribution in [0, 0.1) is 15.9 Å². The molecule has 0 radical (unpaired) electrons. The number of nitro groups is 1. The summed E-state index contributed by atoms with van der Waals surface area (Å²) in [7, 11) is 1.38. The van der Waals surface area contributed by atoms with Gasteiger partial charge in [0.05, 0.1) is 23.8 Å². The fraction of sp³-hybridized carbons (Fsp3) is 0.316. The minimum absolute atomic E-state index is 0.0941. The van der Waals surface area contributed by atoms with E-state index in [1.165, 1.54) is 37.1 Å². The van der Waals surface area contributed by atoms with Gasteiger partial charge in [-0.15, -0.1) is 23.5 Å². The molecule has 3 rings (SSSR count). The molecule has 6 nitrogen and oxygen atoms in total. The third-order valence-electron chi connectivity index (χ3n) is 4.29. The van der Waals surface area contributed by atoms with E-state index in [4.69, 9.17) is 4.74 Å². The van der Waals surface area contributed by atoms with Gasteiger partial charge in [0.2, 0.25) is 5.91 Å². The molecule has 0 fully saturated rings. The maximum absolute atomic E-state index is 13.6. The fourth-order valence-corrected chi connectivity index (χ4v) is 4.87. The van der Waals surface area contributed by atoms with E-state index >= 15 is 0 Å². The number of nitrogens with one attached hydrogen (secondary N) is 1. The smallest absolute Gasteiger partial charge is 0.311 e. The number of hydrogen-bond acceptors (Lipinski definition) is 6. The van der Waals surface area contributed by atoms with Gasteiger partial charge >= 0.3 is 5.69 Å². The molecule has 0 aromatic heterocycles. The molecule has 9 heteroatoms. The van der Waals surface area contributed by atoms with Crippen LogP contribution >= 0.6 is 23.5 Å². The zero-order valence-corrected chi connectivity index (χ0v) is 16.8. The van der Waals surface area contributed by atoms with E-state index in [1.54, 1.807) is 30.0 Å². The molecule has 1 N–H and O–H groups in total. The maximum atomic E-state index is 13.6. The number of ether oxygens (including phenoxy) is 1. The van der Waals surface area contributed by atoms with Gasteiger partial charge in [0.1, 0.15) is 5.82 Å². The largest absolute Gasteiger partial charge is 0.490 e. The van der Waals surface area contributed by atoms with Crippen LogP contribution < -0.4 is 10.1 Å². The van der Waals surface area contributed by atoms with Gasteiger partial charge in [-0.05, 0) is 41.8 Å². The number of rotatable bonds is 7. The lowest BCUT2D eigenvalue weighted by Gasteiger charge is -2.26. The van der Waals surface area contributed by atoms with Gasteiger partial charge in [0.25, 0.3) is 0 Å². The maximum Gasteiger partial charge on any atom is 0.311 e. The van der Waals surface area contributed by atoms with E-state index in [1.807, 2.05) is 0 Å². The van der Waals surface area contributed by atoms with Crippen molar-refractivity contribution >= 4 is 35.1 Å². The molecule has 2 aromatic carbocycles. The molecule has 0 bridgehead atoms. The molecule has 1 aliphatic rings. The molecule has 2 aromatic rings. The number of carbonyl (C=O) groups excluding carboxylic acids is 1. The highest BCUT2D eigenvalue weighted by Crippen LogP contribution is 2.36. The average Bonchev–Trinajstić information content (AvgIpc) is 2.68. The van der Waals surface area contributed by atoms with Crippen molar-refractivity contribution in [2.24, 2.45) is 0 Å². The number of nitro benzene ring substituents is 1. The molecule has 1 heterocycles. The summed E-state index contributed by atoms with van der Waals surface area (Å²) in [6, 6.07) is 9.23. The molecular formula is C19H19FN2O4S2. The van der Waals surface area contributed by atoms with Crippen LogP contribution in [0.2, 0.25) is 0 Å². The second-order valence-electron chi connectivity index (χ2n) is 6.20. The number of nitrogens with zero attached hydrogens (tertiary/aromatic N) is 1. The van der Waals surface area contributed by atoms with Gasteiger partial charge in [-0.2, -0.15) is 0 Å². The summed E-state index contributed by atoms with van der Waals surface area (Å²) in [5.41, 5.74) is 1.47. The van der Waals surface area contributed by atoms with Crippen LogP contribution in [-0.4, -0.2) is 29.4 Å². The van der Waals surface area contributed by atoms with Crippen LogP contribution in [0.5, 0.6) is 5.75 Å². The van der Waals surface area contributed by atoms with Crippen molar-refractivity contribution in [1.29, 1.82) is 0 Å². The molecule has 0 aliphatic carbocycles. The first kappa shape index (κ1) is 20.5. The van der Waals surface area contributed by atoms with Crippen LogP contribution in [0.4, 0.5) is 10.1 Å². The lowest BCUT2D eigenvalue weighted by atomic mass is 10.0. The molecule has 1 aliphatic heterocycles. The number of thioether (sulfide) groups is 2. The zero-order valence-electron chi connectivity index (χ0n) is 15.1. The Kier molecular flexibility index (Phi) is 6.79. The lowest BCUT2D eigenvalue weighted by molar-refractivity contribution is -0.385. The van der Waals surface area contributed by atoms with E-state index in [2.05, 4.69) is 5.32 Å². The van der Waals surface area contributed by atoms with Crippen molar-refractivity contribution in [2.75, 3.05) is 18.6 Å². The predicted octanol–water partition coefficient (Wildman–Crippen LogP) is 4.33. The Bertz CT molecular complexity index is 894. The van der Waals surface area contributed by atoms with Crippen LogP contribution in [0.25, 0.3) is 0 Å². The van der Waals surface area contributed by atoms with Gasteiger partial charge in [-0.3, -0.25) is 14.9 Å². The summed E-state index contributed by atoms with van der Waals surface area (Å²) in [5, 5.41) is 14.1. The normalized spacial score (nSPS) is 15.6. The Balaban J connectivity index is 1.55. The summed E-state index contributed by atoms with van der Waals surface area (Å²) >= 11 is 3.03. The molecule has 0 spiro atoms. The van der Waals surface area contributed by atoms with Crippen molar-refractivity contribution in [2.45, 2.75) is 23.1 Å². The number of benzene rings is 2. The number of carbonyl (C=O) groups is 1. The van der Waals surface area contributed by atoms with E-state index in [0.717, 1.165) is 28.2 Å². The first-order valence-electron chi connectivity index (χ1n) is 8.58. The Morgan fingerprint density at radius 2 is 2.21 bits per heavy atom. The quantitative estimate of drug-likeness (QED) is 0.528. The standard InChI is InChI=1S/C19H19FN2O4S2/c1-26-17-4-2-12(8-16(17)22(24)25)10-27-11-19(23)21-15-6-7-28-18-5-3-13(20)9-14(15)18/h2-5,8-9,15H,6-7,10-11H2,1H3,(H,21,23). The van der Waals surface area contributed by atoms with Crippen LogP contribution in [0.1, 0.15) is 23.6 Å². The molecular weight excluding hydrogens is 403 g/mol. The highest BCUT2D eigenvalue weighted by molar-refractivity contribution is 7.99. The van der Waals surface area contributed by atoms with E-state index in [-0.39, 0.29) is 35.0 Å². The SMILES string of the molecule is COc1ccc(CSCC(=O)NC2CCSc3ccc(F)cc32)cc1[N+](=O)[O-]. The Hall–Kier alpha value is -2.26. The molecule has 148 valence electrons. The minimum Gasteiger partial charge on any atom is -0.490 e. The first-order valence-corrected chi connectivity index (χ1v) is 10.7. The Morgan fingerprint density at radius 3 is 2.96 bits per heavy atom. The van der Waals surface area contributed by atoms with Gasteiger partial charge < -0.3 is 10.1 Å². The van der Waals surface area contributed by atoms with Gasteiger partial charge in [-0.1, -0.05) is 6.07 Å². The van der Waals surface area contributed by atoms with Crippen molar-refractivity contribution < 1.29 is 18.8 Å². The number of hydrogen-bond donors (Lipinski definition) is 1. The van der Waals surface area contributed by atoms with Crippen molar-refractivity contribution in [3.05, 3.63) is 63.5 Å². The zero-order chi connectivity index (χ0) is 20.1. The van der Waals surface area contributed by atoms with Gasteiger partial charge in [-0.25, -0.2) is 4.39 Å². The predicted molar refractivity (Wildman–Crippen MR) is 108 cm³/mol. The summed E-state index contributed by atoms with van der Waals surface area (Å²) in [4.78, 5) is 23.9. The van der Waals surface area contributed by atoms with Crippen LogP contribution in [-0.2, 0) is 10.5 Å². The summed E-state index contributed by atoms with van der Waals surface area (Å²) in [5.74, 6) is 1.30. The molecule has 0 saturated carbocycles. The number of fused-ring (bicyclic) bond motifs is 1. The summed E-state index contributed by atoms with van der Waals surface area (Å²) in [6.45, 7) is 0. The topological polar surface area (TPSA) is 81.5 Å². The molecule has 1 amide bonds. The average molecular weight is 423 g/mol. The van der Waals surface area contributed by atoms with Crippen molar-refractivity contribution in [3.63, 3.8) is 0 Å². The minimum atomic E-state index is -0.489. The highest BCUT2D eigenvalue weighted by atomic mass is 32.2. The van der Waals surface area contributed by atoms with Crippen molar-refractivity contribution in [3.8, 4) is 5.75 Å². The fourth-order valence-electron chi connectivity index (χ4n) is 2.98. The van der Waals surface area contributed by atoms with E-state index in [0.29, 0.717) is 5.75 Å². The Labute approximate surface area is 170 Å². The van der Waals surface area contributed by atoms with E-state index < -0.39 is 4.92 Å². The number of halogens is 1. The number of amides is 1. The molecule has 28 heavy (non-hydrogen) atoms. The molecule has 1 atom stereocenters. The molecule has 0 saturated heterocycles. The summed E-state index contributed by atoms with van der Waals surface area (Å²) in [6.07, 6.45) is 0.752. The monoisotopic (exact) mass is 422 g/mol. The van der Waals surface area contributed by atoms with E-state index in [9.17, 15) is 19.3 Å². The molecule has 1 unspecified atom stereocenters. The van der Waals surface area contributed by atoms with Gasteiger partial charge in [0.15, 0.2) is 5.75 Å². The Morgan fingerprint density at radius 1 is 1.39 bits per heavy atom. The lowest BCUT2D eigenvalue weighted by Crippen LogP contribution is -2.32. The van der Waals surface area contributed by atoms with Crippen LogP contribution in [0.15, 0.2) is 41.3 Å². The van der Waals surface area contributed by atoms with Gasteiger partial charge in [0, 0.05) is 22.5 Å². The third-order valence-corrected chi connectivity index (χ3v) is 6.41. The highest BCUT2D eigenvalue weighted by Gasteiger charge is 2.23. The number of methoxy groups -OCH3 is 1. The second kappa shape index (κ2) is 9.29. The first-order chi connectivity index (χ1) is 13.5. The third kappa shape index (κ3) is 4.96. The van der Waals surface area contributed by atoms with Crippen LogP contribution in [0.3, 0.4) is 0 Å². The van der Waals surface area contributed by atoms with Crippen molar-refractivity contribution in [1.82, 2.24) is 5.32 Å². The second-order valence-corrected chi connectivity index (χ2v) is 8.32. The summed E-state index contributed by atoms with van der Waals surface area (Å²) < 4.78 is 18.5.